The molecule has 17 heavy (non-hydrogen) atoms. The van der Waals surface area contributed by atoms with Gasteiger partial charge in [0.15, 0.2) is 0 Å². The van der Waals surface area contributed by atoms with Crippen LogP contribution in [-0.4, -0.2) is 26.8 Å². The molecule has 2 unspecified atom stereocenters. The molecule has 1 aliphatic rings. The van der Waals surface area contributed by atoms with Gasteiger partial charge in [-0.15, -0.1) is 0 Å². The van der Waals surface area contributed by atoms with Crippen LogP contribution in [0.1, 0.15) is 18.9 Å². The van der Waals surface area contributed by atoms with Gasteiger partial charge < -0.3 is 10.1 Å². The molecule has 3 heteroatoms. The Kier molecular flexibility index (Phi) is 3.79. The molecule has 0 aliphatic heterocycles. The second-order valence-electron chi connectivity index (χ2n) is 4.94. The summed E-state index contributed by atoms with van der Waals surface area (Å²) < 4.78 is 18.3. The monoisotopic (exact) mass is 237 g/mol. The molecule has 0 saturated heterocycles. The van der Waals surface area contributed by atoms with Crippen molar-refractivity contribution in [2.45, 2.75) is 18.8 Å². The highest BCUT2D eigenvalue weighted by molar-refractivity contribution is 5.34. The molecule has 2 nitrogen and oxygen atoms in total. The van der Waals surface area contributed by atoms with Crippen LogP contribution in [0, 0.1) is 11.7 Å². The van der Waals surface area contributed by atoms with E-state index in [0.717, 1.165) is 25.1 Å². The predicted octanol–water partition coefficient (Wildman–Crippen LogP) is 2.34. The van der Waals surface area contributed by atoms with Gasteiger partial charge in [0.1, 0.15) is 5.82 Å². The quantitative estimate of drug-likeness (QED) is 0.767. The van der Waals surface area contributed by atoms with Crippen molar-refractivity contribution < 1.29 is 9.13 Å². The summed E-state index contributed by atoms with van der Waals surface area (Å²) in [6.07, 6.45) is 1.14. The fourth-order valence-corrected chi connectivity index (χ4v) is 2.52. The minimum Gasteiger partial charge on any atom is -0.383 e. The van der Waals surface area contributed by atoms with Gasteiger partial charge in [-0.3, -0.25) is 0 Å². The molecular weight excluding hydrogens is 217 g/mol. The van der Waals surface area contributed by atoms with Crippen molar-refractivity contribution in [2.75, 3.05) is 26.8 Å². The highest BCUT2D eigenvalue weighted by Gasteiger charge is 2.51. The molecular formula is C14H20FNO. The van der Waals surface area contributed by atoms with Crippen LogP contribution in [0.25, 0.3) is 0 Å². The van der Waals surface area contributed by atoms with Gasteiger partial charge in [-0.1, -0.05) is 19.1 Å². The van der Waals surface area contributed by atoms with E-state index in [0.29, 0.717) is 12.5 Å². The Morgan fingerprint density at radius 1 is 1.53 bits per heavy atom. The Bertz CT molecular complexity index is 382. The summed E-state index contributed by atoms with van der Waals surface area (Å²) in [7, 11) is 1.70. The number of nitrogens with one attached hydrogen (secondary N) is 1. The summed E-state index contributed by atoms with van der Waals surface area (Å²) in [5.41, 5.74) is 1.26. The third-order valence-electron chi connectivity index (χ3n) is 3.78. The Balaban J connectivity index is 2.00. The number of methoxy groups -OCH3 is 1. The third-order valence-corrected chi connectivity index (χ3v) is 3.78. The van der Waals surface area contributed by atoms with Crippen LogP contribution in [0.3, 0.4) is 0 Å². The van der Waals surface area contributed by atoms with Crippen molar-refractivity contribution in [3.8, 4) is 0 Å². The summed E-state index contributed by atoms with van der Waals surface area (Å²) in [4.78, 5) is 0. The minimum atomic E-state index is -0.141. The molecule has 2 atom stereocenters. The van der Waals surface area contributed by atoms with Crippen molar-refractivity contribution in [1.82, 2.24) is 5.32 Å². The molecule has 0 radical (unpaired) electrons. The molecule has 1 aromatic rings. The molecule has 1 aliphatic carbocycles. The number of halogens is 1. The summed E-state index contributed by atoms with van der Waals surface area (Å²) in [6, 6.07) is 7.00. The molecule has 0 bridgehead atoms. The van der Waals surface area contributed by atoms with E-state index in [1.165, 1.54) is 6.07 Å². The fraction of sp³-hybridized carbons (Fsp3) is 0.571. The molecule has 94 valence electrons. The van der Waals surface area contributed by atoms with Crippen molar-refractivity contribution in [1.29, 1.82) is 0 Å². The van der Waals surface area contributed by atoms with E-state index < -0.39 is 0 Å². The van der Waals surface area contributed by atoms with E-state index in [2.05, 4.69) is 12.2 Å². The number of rotatable bonds is 6. The highest BCUT2D eigenvalue weighted by Crippen LogP contribution is 2.53. The fourth-order valence-electron chi connectivity index (χ4n) is 2.52. The number of ether oxygens (including phenoxy) is 1. The molecule has 1 aromatic carbocycles. The number of hydrogen-bond donors (Lipinski definition) is 1. The first kappa shape index (κ1) is 12.5. The molecule has 1 N–H and O–H groups in total. The van der Waals surface area contributed by atoms with Crippen LogP contribution in [0.4, 0.5) is 4.39 Å². The second kappa shape index (κ2) is 5.15. The third kappa shape index (κ3) is 2.67. The van der Waals surface area contributed by atoms with Gasteiger partial charge in [-0.05, 0) is 30.0 Å². The summed E-state index contributed by atoms with van der Waals surface area (Å²) >= 11 is 0. The molecule has 0 aromatic heterocycles. The maximum atomic E-state index is 13.3. The second-order valence-corrected chi connectivity index (χ2v) is 4.94. The Morgan fingerprint density at radius 2 is 2.29 bits per heavy atom. The zero-order chi connectivity index (χ0) is 12.3. The van der Waals surface area contributed by atoms with Crippen LogP contribution < -0.4 is 5.32 Å². The van der Waals surface area contributed by atoms with Crippen molar-refractivity contribution in [3.63, 3.8) is 0 Å². The van der Waals surface area contributed by atoms with Gasteiger partial charge in [0.25, 0.3) is 0 Å². The molecule has 2 rings (SSSR count). The van der Waals surface area contributed by atoms with E-state index in [1.807, 2.05) is 6.07 Å². The first-order valence-corrected chi connectivity index (χ1v) is 6.15. The topological polar surface area (TPSA) is 21.3 Å². The van der Waals surface area contributed by atoms with Crippen LogP contribution in [0.5, 0.6) is 0 Å². The predicted molar refractivity (Wildman–Crippen MR) is 66.6 cm³/mol. The van der Waals surface area contributed by atoms with Crippen molar-refractivity contribution >= 4 is 0 Å². The van der Waals surface area contributed by atoms with Gasteiger partial charge in [0.05, 0.1) is 6.61 Å². The minimum absolute atomic E-state index is 0.135. The molecule has 0 amide bonds. The largest absolute Gasteiger partial charge is 0.383 e. The lowest BCUT2D eigenvalue weighted by Crippen LogP contribution is -2.30. The first-order valence-electron chi connectivity index (χ1n) is 6.15. The van der Waals surface area contributed by atoms with Crippen molar-refractivity contribution in [3.05, 3.63) is 35.6 Å². The lowest BCUT2D eigenvalue weighted by Gasteiger charge is -2.18. The molecule has 0 heterocycles. The van der Waals surface area contributed by atoms with E-state index >= 15 is 0 Å². The van der Waals surface area contributed by atoms with Gasteiger partial charge in [-0.2, -0.15) is 0 Å². The first-order chi connectivity index (χ1) is 8.19. The van der Waals surface area contributed by atoms with E-state index in [9.17, 15) is 4.39 Å². The molecule has 0 spiro atoms. The SMILES string of the molecule is COCCNCC1(c2cccc(F)c2)CC1C. The number of hydrogen-bond acceptors (Lipinski definition) is 2. The average molecular weight is 237 g/mol. The average Bonchev–Trinajstić information content (AvgIpc) is 2.97. The summed E-state index contributed by atoms with van der Waals surface area (Å²) in [5.74, 6) is 0.484. The lowest BCUT2D eigenvalue weighted by molar-refractivity contribution is 0.198. The molecule has 1 fully saturated rings. The standard InChI is InChI=1S/C14H20FNO/c1-11-9-14(11,10-16-6-7-17-2)12-4-3-5-13(15)8-12/h3-5,8,11,16H,6-7,9-10H2,1-2H3. The highest BCUT2D eigenvalue weighted by atomic mass is 19.1. The molecule has 1 saturated carbocycles. The van der Waals surface area contributed by atoms with Gasteiger partial charge in [0, 0.05) is 25.6 Å². The lowest BCUT2D eigenvalue weighted by atomic mass is 9.93. The Hall–Kier alpha value is -0.930. The maximum absolute atomic E-state index is 13.3. The van der Waals surface area contributed by atoms with Crippen molar-refractivity contribution in [2.24, 2.45) is 5.92 Å². The van der Waals surface area contributed by atoms with Crippen LogP contribution >= 0.6 is 0 Å². The van der Waals surface area contributed by atoms with Crippen LogP contribution in [0.2, 0.25) is 0 Å². The van der Waals surface area contributed by atoms with Gasteiger partial charge in [0.2, 0.25) is 0 Å². The van der Waals surface area contributed by atoms with E-state index in [1.54, 1.807) is 19.2 Å². The van der Waals surface area contributed by atoms with Crippen LogP contribution in [0.15, 0.2) is 24.3 Å². The summed E-state index contributed by atoms with van der Waals surface area (Å²) in [6.45, 7) is 4.69. The maximum Gasteiger partial charge on any atom is 0.123 e. The Morgan fingerprint density at radius 3 is 2.88 bits per heavy atom. The van der Waals surface area contributed by atoms with Gasteiger partial charge in [-0.25, -0.2) is 4.39 Å². The van der Waals surface area contributed by atoms with E-state index in [4.69, 9.17) is 4.74 Å². The van der Waals surface area contributed by atoms with Gasteiger partial charge >= 0.3 is 0 Å². The zero-order valence-corrected chi connectivity index (χ0v) is 10.5. The Labute approximate surface area is 102 Å². The van der Waals surface area contributed by atoms with E-state index in [-0.39, 0.29) is 11.2 Å². The summed E-state index contributed by atoms with van der Waals surface area (Å²) in [5, 5.41) is 3.39. The van der Waals surface area contributed by atoms with Crippen LogP contribution in [-0.2, 0) is 10.2 Å². The normalized spacial score (nSPS) is 27.1. The smallest absolute Gasteiger partial charge is 0.123 e. The zero-order valence-electron chi connectivity index (χ0n) is 10.5. The number of benzene rings is 1.